The summed E-state index contributed by atoms with van der Waals surface area (Å²) in [5.74, 6) is 1.51. The van der Waals surface area contributed by atoms with Crippen LogP contribution in [0, 0.1) is 6.92 Å². The van der Waals surface area contributed by atoms with E-state index in [0.29, 0.717) is 11.9 Å². The highest BCUT2D eigenvalue weighted by atomic mass is 15.6. The summed E-state index contributed by atoms with van der Waals surface area (Å²) in [6, 6.07) is 4.42. The van der Waals surface area contributed by atoms with Crippen LogP contribution in [-0.2, 0) is 7.05 Å². The zero-order valence-electron chi connectivity index (χ0n) is 11.1. The van der Waals surface area contributed by atoms with Crippen molar-refractivity contribution in [2.45, 2.75) is 19.4 Å². The van der Waals surface area contributed by atoms with Crippen LogP contribution in [0.3, 0.4) is 0 Å². The number of hydrogen-bond donors (Lipinski definition) is 2. The lowest BCUT2D eigenvalue weighted by Gasteiger charge is -2.13. The average Bonchev–Trinajstić information content (AvgIpc) is 3.01. The molecule has 2 aromatic rings. The molecule has 1 aliphatic heterocycles. The second-order valence-electron chi connectivity index (χ2n) is 4.77. The van der Waals surface area contributed by atoms with E-state index in [1.807, 2.05) is 19.1 Å². The Morgan fingerprint density at radius 3 is 2.95 bits per heavy atom. The summed E-state index contributed by atoms with van der Waals surface area (Å²) in [5, 5.41) is 18.8. The molecule has 19 heavy (non-hydrogen) atoms. The maximum absolute atomic E-state index is 4.57. The van der Waals surface area contributed by atoms with Crippen molar-refractivity contribution in [2.75, 3.05) is 18.4 Å². The molecule has 1 atom stereocenters. The molecule has 3 rings (SSSR count). The topological polar surface area (TPSA) is 80.5 Å². The molecule has 1 saturated heterocycles. The molecule has 0 radical (unpaired) electrons. The third kappa shape index (κ3) is 2.55. The van der Waals surface area contributed by atoms with Gasteiger partial charge in [0.05, 0.1) is 12.7 Å². The third-order valence-corrected chi connectivity index (χ3v) is 3.25. The Kier molecular flexibility index (Phi) is 3.12. The van der Waals surface area contributed by atoms with Crippen molar-refractivity contribution in [3.05, 3.63) is 17.8 Å². The SMILES string of the molecule is Cc1nc(N[C@H]2CCNC2)ccc1-c1nnn(C)n1. The number of aryl methyl sites for hydroxylation is 2. The number of aromatic nitrogens is 5. The van der Waals surface area contributed by atoms with Crippen molar-refractivity contribution < 1.29 is 0 Å². The molecule has 0 aromatic carbocycles. The van der Waals surface area contributed by atoms with Gasteiger partial charge in [-0.2, -0.15) is 4.80 Å². The van der Waals surface area contributed by atoms with Gasteiger partial charge in [-0.15, -0.1) is 10.2 Å². The first-order valence-corrected chi connectivity index (χ1v) is 6.41. The molecule has 0 bridgehead atoms. The fourth-order valence-electron chi connectivity index (χ4n) is 2.26. The Labute approximate surface area is 111 Å². The van der Waals surface area contributed by atoms with E-state index in [1.165, 1.54) is 4.80 Å². The molecule has 1 fully saturated rings. The van der Waals surface area contributed by atoms with Crippen LogP contribution in [0.2, 0.25) is 0 Å². The Hall–Kier alpha value is -2.02. The molecule has 1 aliphatic rings. The van der Waals surface area contributed by atoms with Crippen LogP contribution >= 0.6 is 0 Å². The second kappa shape index (κ2) is 4.93. The summed E-state index contributed by atoms with van der Waals surface area (Å²) in [7, 11) is 1.75. The van der Waals surface area contributed by atoms with Gasteiger partial charge in [0.25, 0.3) is 0 Å². The summed E-state index contributed by atoms with van der Waals surface area (Å²) in [4.78, 5) is 6.02. The van der Waals surface area contributed by atoms with Gasteiger partial charge in [0.15, 0.2) is 0 Å². The van der Waals surface area contributed by atoms with E-state index in [-0.39, 0.29) is 0 Å². The molecule has 3 heterocycles. The zero-order chi connectivity index (χ0) is 13.2. The van der Waals surface area contributed by atoms with Crippen LogP contribution in [0.1, 0.15) is 12.1 Å². The lowest BCUT2D eigenvalue weighted by Crippen LogP contribution is -2.22. The molecule has 7 heteroatoms. The predicted octanol–water partition coefficient (Wildman–Crippen LogP) is 0.354. The second-order valence-corrected chi connectivity index (χ2v) is 4.77. The van der Waals surface area contributed by atoms with Crippen molar-refractivity contribution in [1.29, 1.82) is 0 Å². The number of tetrazole rings is 1. The molecule has 0 unspecified atom stereocenters. The number of anilines is 1. The number of rotatable bonds is 3. The van der Waals surface area contributed by atoms with Crippen LogP contribution in [0.25, 0.3) is 11.4 Å². The standard InChI is InChI=1S/C12H17N7/c1-8-10(12-16-18-19(2)17-12)3-4-11(14-8)15-9-5-6-13-7-9/h3-4,9,13H,5-7H2,1-2H3,(H,14,15)/t9-/m0/s1. The Morgan fingerprint density at radius 2 is 2.32 bits per heavy atom. The minimum atomic E-state index is 0.465. The van der Waals surface area contributed by atoms with E-state index < -0.39 is 0 Å². The van der Waals surface area contributed by atoms with Gasteiger partial charge in [-0.3, -0.25) is 0 Å². The Bertz CT molecular complexity index is 571. The molecule has 7 nitrogen and oxygen atoms in total. The molecule has 2 N–H and O–H groups in total. The zero-order valence-corrected chi connectivity index (χ0v) is 11.1. The number of nitrogens with zero attached hydrogens (tertiary/aromatic N) is 5. The molecule has 0 spiro atoms. The summed E-state index contributed by atoms with van der Waals surface area (Å²) in [6.07, 6.45) is 1.13. The summed E-state index contributed by atoms with van der Waals surface area (Å²) >= 11 is 0. The van der Waals surface area contributed by atoms with Crippen LogP contribution in [0.15, 0.2) is 12.1 Å². The maximum atomic E-state index is 4.57. The summed E-state index contributed by atoms with van der Waals surface area (Å²) in [5.41, 5.74) is 1.83. The molecule has 0 saturated carbocycles. The first-order valence-electron chi connectivity index (χ1n) is 6.41. The first kappa shape index (κ1) is 12.0. The van der Waals surface area contributed by atoms with E-state index in [2.05, 4.69) is 31.0 Å². The van der Waals surface area contributed by atoms with Gasteiger partial charge in [0.2, 0.25) is 5.82 Å². The number of hydrogen-bond acceptors (Lipinski definition) is 6. The Morgan fingerprint density at radius 1 is 1.42 bits per heavy atom. The fraction of sp³-hybridized carbons (Fsp3) is 0.500. The molecule has 0 aliphatic carbocycles. The van der Waals surface area contributed by atoms with Crippen molar-refractivity contribution in [2.24, 2.45) is 7.05 Å². The molecule has 100 valence electrons. The highest BCUT2D eigenvalue weighted by molar-refractivity contribution is 5.59. The molecule has 0 amide bonds. The van der Waals surface area contributed by atoms with Gasteiger partial charge in [-0.05, 0) is 37.2 Å². The van der Waals surface area contributed by atoms with E-state index >= 15 is 0 Å². The number of pyridine rings is 1. The van der Waals surface area contributed by atoms with Crippen molar-refractivity contribution in [3.8, 4) is 11.4 Å². The minimum Gasteiger partial charge on any atom is -0.366 e. The van der Waals surface area contributed by atoms with E-state index in [9.17, 15) is 0 Å². The van der Waals surface area contributed by atoms with Crippen LogP contribution in [0.5, 0.6) is 0 Å². The normalized spacial score (nSPS) is 18.7. The smallest absolute Gasteiger partial charge is 0.206 e. The van der Waals surface area contributed by atoms with E-state index in [0.717, 1.165) is 36.6 Å². The number of nitrogens with one attached hydrogen (secondary N) is 2. The third-order valence-electron chi connectivity index (χ3n) is 3.25. The highest BCUT2D eigenvalue weighted by Gasteiger charge is 2.15. The van der Waals surface area contributed by atoms with Gasteiger partial charge in [-0.25, -0.2) is 4.98 Å². The average molecular weight is 259 g/mol. The first-order chi connectivity index (χ1) is 9.22. The van der Waals surface area contributed by atoms with Crippen molar-refractivity contribution in [1.82, 2.24) is 30.5 Å². The quantitative estimate of drug-likeness (QED) is 0.828. The largest absolute Gasteiger partial charge is 0.366 e. The summed E-state index contributed by atoms with van der Waals surface area (Å²) in [6.45, 7) is 4.02. The fourth-order valence-corrected chi connectivity index (χ4v) is 2.26. The van der Waals surface area contributed by atoms with E-state index in [1.54, 1.807) is 7.05 Å². The van der Waals surface area contributed by atoms with Gasteiger partial charge in [-0.1, -0.05) is 0 Å². The minimum absolute atomic E-state index is 0.465. The Balaban J connectivity index is 1.81. The van der Waals surface area contributed by atoms with Crippen LogP contribution in [0.4, 0.5) is 5.82 Å². The van der Waals surface area contributed by atoms with Gasteiger partial charge in [0.1, 0.15) is 5.82 Å². The lowest BCUT2D eigenvalue weighted by atomic mass is 10.2. The van der Waals surface area contributed by atoms with Crippen molar-refractivity contribution in [3.63, 3.8) is 0 Å². The van der Waals surface area contributed by atoms with Crippen molar-refractivity contribution >= 4 is 5.82 Å². The monoisotopic (exact) mass is 259 g/mol. The lowest BCUT2D eigenvalue weighted by molar-refractivity contribution is 0.630. The van der Waals surface area contributed by atoms with Gasteiger partial charge < -0.3 is 10.6 Å². The van der Waals surface area contributed by atoms with Crippen LogP contribution in [-0.4, -0.2) is 44.3 Å². The highest BCUT2D eigenvalue weighted by Crippen LogP contribution is 2.20. The van der Waals surface area contributed by atoms with Gasteiger partial charge in [0, 0.05) is 18.2 Å². The molecule has 2 aromatic heterocycles. The van der Waals surface area contributed by atoms with E-state index in [4.69, 9.17) is 0 Å². The molecular weight excluding hydrogens is 242 g/mol. The maximum Gasteiger partial charge on any atom is 0.206 e. The molecular formula is C12H17N7. The summed E-state index contributed by atoms with van der Waals surface area (Å²) < 4.78 is 0. The predicted molar refractivity (Wildman–Crippen MR) is 71.7 cm³/mol. The van der Waals surface area contributed by atoms with Gasteiger partial charge >= 0.3 is 0 Å². The van der Waals surface area contributed by atoms with Crippen LogP contribution < -0.4 is 10.6 Å².